The molecule has 2 rings (SSSR count). The molecule has 1 heterocycles. The Morgan fingerprint density at radius 2 is 2.00 bits per heavy atom. The molecule has 0 spiro atoms. The fraction of sp³-hybridized carbons (Fsp3) is 0.455. The van der Waals surface area contributed by atoms with Gasteiger partial charge in [-0.25, -0.2) is 0 Å². The molecule has 0 aliphatic heterocycles. The zero-order chi connectivity index (χ0) is 13.0. The largest absolute Gasteiger partial charge is 0.457 e. The third-order valence-electron chi connectivity index (χ3n) is 2.66. The Hall–Kier alpha value is -2.18. The maximum Gasteiger partial charge on any atom is 0.309 e. The summed E-state index contributed by atoms with van der Waals surface area (Å²) in [5, 5.41) is 0. The van der Waals surface area contributed by atoms with Crippen LogP contribution in [0, 0.1) is 5.92 Å². The minimum Gasteiger partial charge on any atom is -0.457 e. The second-order valence-electron chi connectivity index (χ2n) is 4.06. The Labute approximate surface area is 104 Å². The summed E-state index contributed by atoms with van der Waals surface area (Å²) in [5.74, 6) is -0.00793. The Bertz CT molecular complexity index is 454. The van der Waals surface area contributed by atoms with Crippen LogP contribution in [-0.4, -0.2) is 20.9 Å². The van der Waals surface area contributed by atoms with Crippen molar-refractivity contribution in [3.05, 3.63) is 18.0 Å². The zero-order valence-corrected chi connectivity index (χ0v) is 9.87. The number of carbonyl (C=O) groups excluding carboxylic acids is 1. The van der Waals surface area contributed by atoms with E-state index in [1.54, 1.807) is 0 Å². The smallest absolute Gasteiger partial charge is 0.309 e. The number of aromatic nitrogens is 3. The molecular weight excluding hydrogens is 234 g/mol. The number of nitrogens with zero attached hydrogens (tertiary/aromatic N) is 3. The maximum atomic E-state index is 11.8. The molecule has 1 aliphatic carbocycles. The van der Waals surface area contributed by atoms with Crippen molar-refractivity contribution in [2.45, 2.75) is 25.9 Å². The van der Waals surface area contributed by atoms with E-state index in [0.717, 1.165) is 19.3 Å². The quantitative estimate of drug-likeness (QED) is 0.589. The molecule has 96 valence electrons. The number of ether oxygens (including phenoxy) is 1. The molecule has 0 amide bonds. The molecule has 0 radical (unpaired) electrons. The van der Waals surface area contributed by atoms with Gasteiger partial charge in [0, 0.05) is 0 Å². The van der Waals surface area contributed by atoms with Crippen LogP contribution in [-0.2, 0) is 16.1 Å². The highest BCUT2D eigenvalue weighted by atomic mass is 16.5. The molecule has 1 aromatic rings. The standard InChI is InChI=1S/C11H15N5O2/c12-10-14-8(15-11(13)16-10)6-18-9(17)7-4-2-1-3-5-7/h1-2,7H,3-6H2,(H4,12,13,14,15,16)/t7-/m1/s1. The van der Waals surface area contributed by atoms with Gasteiger partial charge in [0.05, 0.1) is 5.92 Å². The van der Waals surface area contributed by atoms with Crippen LogP contribution in [0.1, 0.15) is 25.1 Å². The number of hydrogen-bond donors (Lipinski definition) is 2. The highest BCUT2D eigenvalue weighted by Crippen LogP contribution is 2.19. The summed E-state index contributed by atoms with van der Waals surface area (Å²) in [6.07, 6.45) is 6.51. The summed E-state index contributed by atoms with van der Waals surface area (Å²) in [6.45, 7) is -0.0318. The van der Waals surface area contributed by atoms with Crippen LogP contribution in [0.15, 0.2) is 12.2 Å². The van der Waals surface area contributed by atoms with Crippen molar-refractivity contribution in [3.63, 3.8) is 0 Å². The van der Waals surface area contributed by atoms with Crippen molar-refractivity contribution in [2.24, 2.45) is 5.92 Å². The number of anilines is 2. The van der Waals surface area contributed by atoms with Crippen molar-refractivity contribution in [1.29, 1.82) is 0 Å². The van der Waals surface area contributed by atoms with Crippen LogP contribution in [0.25, 0.3) is 0 Å². The molecule has 0 fully saturated rings. The minimum atomic E-state index is -0.239. The first-order valence-corrected chi connectivity index (χ1v) is 5.72. The SMILES string of the molecule is Nc1nc(N)nc(COC(=O)[C@@H]2CC=CCC2)n1. The lowest BCUT2D eigenvalue weighted by atomic mass is 9.95. The second-order valence-corrected chi connectivity index (χ2v) is 4.06. The molecule has 0 saturated heterocycles. The van der Waals surface area contributed by atoms with Gasteiger partial charge in [-0.15, -0.1) is 0 Å². The Kier molecular flexibility index (Phi) is 3.71. The third kappa shape index (κ3) is 3.16. The molecule has 0 bridgehead atoms. The highest BCUT2D eigenvalue weighted by molar-refractivity contribution is 5.72. The van der Waals surface area contributed by atoms with E-state index in [-0.39, 0.29) is 36.2 Å². The topological polar surface area (TPSA) is 117 Å². The van der Waals surface area contributed by atoms with Crippen molar-refractivity contribution < 1.29 is 9.53 Å². The van der Waals surface area contributed by atoms with Crippen molar-refractivity contribution in [1.82, 2.24) is 15.0 Å². The summed E-state index contributed by atoms with van der Waals surface area (Å²) >= 11 is 0. The van der Waals surface area contributed by atoms with Gasteiger partial charge in [-0.2, -0.15) is 15.0 Å². The molecule has 1 atom stereocenters. The first-order chi connectivity index (χ1) is 8.65. The molecule has 7 heteroatoms. The Morgan fingerprint density at radius 1 is 1.28 bits per heavy atom. The monoisotopic (exact) mass is 249 g/mol. The normalized spacial score (nSPS) is 18.6. The molecular formula is C11H15N5O2. The summed E-state index contributed by atoms with van der Waals surface area (Å²) in [6, 6.07) is 0. The summed E-state index contributed by atoms with van der Waals surface area (Å²) in [5.41, 5.74) is 10.8. The Balaban J connectivity index is 1.90. The maximum absolute atomic E-state index is 11.8. The number of esters is 1. The van der Waals surface area contributed by atoms with Gasteiger partial charge in [0.15, 0.2) is 12.4 Å². The van der Waals surface area contributed by atoms with Crippen molar-refractivity contribution in [3.8, 4) is 0 Å². The third-order valence-corrected chi connectivity index (χ3v) is 2.66. The first-order valence-electron chi connectivity index (χ1n) is 5.72. The van der Waals surface area contributed by atoms with Crippen LogP contribution < -0.4 is 11.5 Å². The number of hydrogen-bond acceptors (Lipinski definition) is 7. The van der Waals surface area contributed by atoms with E-state index < -0.39 is 0 Å². The molecule has 0 unspecified atom stereocenters. The van der Waals surface area contributed by atoms with Gasteiger partial charge in [-0.3, -0.25) is 4.79 Å². The molecule has 7 nitrogen and oxygen atoms in total. The van der Waals surface area contributed by atoms with Gasteiger partial charge in [-0.05, 0) is 19.3 Å². The number of nitrogen functional groups attached to an aromatic ring is 2. The van der Waals surface area contributed by atoms with E-state index in [1.807, 2.05) is 6.08 Å². The fourth-order valence-corrected chi connectivity index (χ4v) is 1.78. The first kappa shape index (κ1) is 12.3. The number of allylic oxidation sites excluding steroid dienone is 2. The lowest BCUT2D eigenvalue weighted by Gasteiger charge is -2.15. The molecule has 4 N–H and O–H groups in total. The summed E-state index contributed by atoms with van der Waals surface area (Å²) in [4.78, 5) is 23.1. The minimum absolute atomic E-state index is 0.0224. The van der Waals surface area contributed by atoms with Gasteiger partial charge >= 0.3 is 5.97 Å². The average Bonchev–Trinajstić information content (AvgIpc) is 2.36. The van der Waals surface area contributed by atoms with Crippen LogP contribution in [0.2, 0.25) is 0 Å². The molecule has 1 aliphatic rings. The van der Waals surface area contributed by atoms with Gasteiger partial charge < -0.3 is 16.2 Å². The Morgan fingerprint density at radius 3 is 2.61 bits per heavy atom. The van der Waals surface area contributed by atoms with Crippen molar-refractivity contribution >= 4 is 17.9 Å². The average molecular weight is 249 g/mol. The molecule has 1 aromatic heterocycles. The summed E-state index contributed by atoms with van der Waals surface area (Å²) < 4.78 is 5.14. The fourth-order valence-electron chi connectivity index (χ4n) is 1.78. The zero-order valence-electron chi connectivity index (χ0n) is 9.87. The van der Waals surface area contributed by atoms with Gasteiger partial charge in [0.1, 0.15) is 0 Å². The van der Waals surface area contributed by atoms with Crippen molar-refractivity contribution in [2.75, 3.05) is 11.5 Å². The predicted molar refractivity (Wildman–Crippen MR) is 64.9 cm³/mol. The van der Waals surface area contributed by atoms with E-state index in [1.165, 1.54) is 0 Å². The van der Waals surface area contributed by atoms with Gasteiger partial charge in [0.25, 0.3) is 0 Å². The number of nitrogens with two attached hydrogens (primary N) is 2. The summed E-state index contributed by atoms with van der Waals surface area (Å²) in [7, 11) is 0. The number of rotatable bonds is 3. The van der Waals surface area contributed by atoms with Crippen LogP contribution in [0.5, 0.6) is 0 Å². The van der Waals surface area contributed by atoms with E-state index in [9.17, 15) is 4.79 Å². The second kappa shape index (κ2) is 5.44. The van der Waals surface area contributed by atoms with Gasteiger partial charge in [0.2, 0.25) is 11.9 Å². The lowest BCUT2D eigenvalue weighted by molar-refractivity contribution is -0.150. The van der Waals surface area contributed by atoms with Gasteiger partial charge in [-0.1, -0.05) is 12.2 Å². The van der Waals surface area contributed by atoms with Crippen LogP contribution >= 0.6 is 0 Å². The van der Waals surface area contributed by atoms with Crippen LogP contribution in [0.4, 0.5) is 11.9 Å². The van der Waals surface area contributed by atoms with E-state index >= 15 is 0 Å². The van der Waals surface area contributed by atoms with E-state index in [0.29, 0.717) is 0 Å². The van der Waals surface area contributed by atoms with Crippen LogP contribution in [0.3, 0.4) is 0 Å². The number of carbonyl (C=O) groups is 1. The van der Waals surface area contributed by atoms with E-state index in [2.05, 4.69) is 21.0 Å². The van der Waals surface area contributed by atoms with E-state index in [4.69, 9.17) is 16.2 Å². The molecule has 18 heavy (non-hydrogen) atoms. The predicted octanol–water partition coefficient (Wildman–Crippen LogP) is 0.435. The lowest BCUT2D eigenvalue weighted by Crippen LogP contribution is -2.19. The highest BCUT2D eigenvalue weighted by Gasteiger charge is 2.20. The molecule has 0 aromatic carbocycles. The molecule has 0 saturated carbocycles.